The molecule has 29 heavy (non-hydrogen) atoms. The monoisotopic (exact) mass is 396 g/mol. The molecule has 0 unspecified atom stereocenters. The van der Waals surface area contributed by atoms with E-state index in [1.807, 2.05) is 23.1 Å². The van der Waals surface area contributed by atoms with Gasteiger partial charge in [0, 0.05) is 58.6 Å². The maximum atomic E-state index is 12.8. The lowest BCUT2D eigenvalue weighted by Gasteiger charge is -2.36. The van der Waals surface area contributed by atoms with Gasteiger partial charge in [-0.05, 0) is 25.2 Å². The summed E-state index contributed by atoms with van der Waals surface area (Å²) in [7, 11) is 3.78. The third-order valence-electron chi connectivity index (χ3n) is 5.64. The van der Waals surface area contributed by atoms with Crippen molar-refractivity contribution in [2.45, 2.75) is 0 Å². The number of ether oxygens (including phenoxy) is 1. The summed E-state index contributed by atoms with van der Waals surface area (Å²) in [6.45, 7) is 6.57. The van der Waals surface area contributed by atoms with Crippen LogP contribution >= 0.6 is 0 Å². The normalized spacial score (nSPS) is 18.1. The molecule has 1 aromatic carbocycles. The van der Waals surface area contributed by atoms with Gasteiger partial charge in [-0.2, -0.15) is 0 Å². The number of hydrogen-bond acceptors (Lipinski definition) is 7. The van der Waals surface area contributed by atoms with E-state index in [0.29, 0.717) is 11.6 Å². The minimum Gasteiger partial charge on any atom is -0.495 e. The molecule has 8 heteroatoms. The number of benzene rings is 1. The number of methoxy groups -OCH3 is 1. The molecule has 0 spiro atoms. The van der Waals surface area contributed by atoms with E-state index < -0.39 is 0 Å². The van der Waals surface area contributed by atoms with Crippen molar-refractivity contribution in [2.75, 3.05) is 76.3 Å². The second kappa shape index (κ2) is 8.65. The van der Waals surface area contributed by atoms with Crippen LogP contribution in [0.4, 0.5) is 11.6 Å². The molecule has 0 atom stereocenters. The van der Waals surface area contributed by atoms with Gasteiger partial charge < -0.3 is 24.3 Å². The number of amides is 1. The van der Waals surface area contributed by atoms with E-state index in [4.69, 9.17) is 4.74 Å². The molecule has 8 nitrogen and oxygen atoms in total. The zero-order valence-corrected chi connectivity index (χ0v) is 17.1. The molecule has 4 rings (SSSR count). The maximum Gasteiger partial charge on any atom is 0.272 e. The van der Waals surface area contributed by atoms with E-state index in [9.17, 15) is 4.79 Å². The van der Waals surface area contributed by atoms with E-state index >= 15 is 0 Å². The van der Waals surface area contributed by atoms with Gasteiger partial charge in [0.1, 0.15) is 11.4 Å². The molecule has 154 valence electrons. The standard InChI is InChI=1S/C21H28N6O2/c1-24-9-11-26(12-10-24)20(28)17-7-8-22-21(23-17)27-15-13-25(14-16-27)18-5-3-4-6-19(18)29-2/h3-8H,9-16H2,1-2H3. The molecule has 0 radical (unpaired) electrons. The molecular formula is C21H28N6O2. The largest absolute Gasteiger partial charge is 0.495 e. The minimum atomic E-state index is -0.00518. The van der Waals surface area contributed by atoms with Crippen LogP contribution < -0.4 is 14.5 Å². The van der Waals surface area contributed by atoms with Gasteiger partial charge in [-0.25, -0.2) is 9.97 Å². The van der Waals surface area contributed by atoms with Crippen LogP contribution in [0.3, 0.4) is 0 Å². The highest BCUT2D eigenvalue weighted by molar-refractivity contribution is 5.92. The molecule has 0 saturated carbocycles. The molecule has 1 amide bonds. The van der Waals surface area contributed by atoms with E-state index in [0.717, 1.165) is 63.8 Å². The van der Waals surface area contributed by atoms with Gasteiger partial charge in [-0.3, -0.25) is 4.79 Å². The van der Waals surface area contributed by atoms with E-state index in [-0.39, 0.29) is 5.91 Å². The van der Waals surface area contributed by atoms with E-state index in [1.54, 1.807) is 19.4 Å². The number of rotatable bonds is 4. The average Bonchev–Trinajstić information content (AvgIpc) is 2.79. The molecular weight excluding hydrogens is 368 g/mol. The number of hydrogen-bond donors (Lipinski definition) is 0. The van der Waals surface area contributed by atoms with Crippen LogP contribution in [0.2, 0.25) is 0 Å². The van der Waals surface area contributed by atoms with Crippen LogP contribution in [0, 0.1) is 0 Å². The van der Waals surface area contributed by atoms with Crippen molar-refractivity contribution in [3.63, 3.8) is 0 Å². The summed E-state index contributed by atoms with van der Waals surface area (Å²) in [6.07, 6.45) is 1.69. The Morgan fingerprint density at radius 1 is 0.931 bits per heavy atom. The van der Waals surface area contributed by atoms with Crippen LogP contribution in [0.1, 0.15) is 10.5 Å². The lowest BCUT2D eigenvalue weighted by molar-refractivity contribution is 0.0658. The summed E-state index contributed by atoms with van der Waals surface area (Å²) in [5.41, 5.74) is 1.58. The maximum absolute atomic E-state index is 12.8. The molecule has 0 bridgehead atoms. The van der Waals surface area contributed by atoms with Gasteiger partial charge in [0.25, 0.3) is 5.91 Å². The Morgan fingerprint density at radius 2 is 1.62 bits per heavy atom. The second-order valence-corrected chi connectivity index (χ2v) is 7.48. The molecule has 3 heterocycles. The van der Waals surface area contributed by atoms with Crippen LogP contribution in [-0.2, 0) is 0 Å². The Balaban J connectivity index is 1.41. The number of carbonyl (C=O) groups is 1. The smallest absolute Gasteiger partial charge is 0.272 e. The predicted octanol–water partition coefficient (Wildman–Crippen LogP) is 1.20. The van der Waals surface area contributed by atoms with Crippen molar-refractivity contribution < 1.29 is 9.53 Å². The Bertz CT molecular complexity index is 845. The Labute approximate surface area is 171 Å². The van der Waals surface area contributed by atoms with Crippen LogP contribution in [0.15, 0.2) is 36.5 Å². The fourth-order valence-electron chi connectivity index (χ4n) is 3.83. The third kappa shape index (κ3) is 4.27. The minimum absolute atomic E-state index is 0.00518. The van der Waals surface area contributed by atoms with Gasteiger partial charge in [-0.15, -0.1) is 0 Å². The topological polar surface area (TPSA) is 65.0 Å². The second-order valence-electron chi connectivity index (χ2n) is 7.48. The molecule has 0 aliphatic carbocycles. The molecule has 0 N–H and O–H groups in total. The summed E-state index contributed by atoms with van der Waals surface area (Å²) >= 11 is 0. The molecule has 2 saturated heterocycles. The van der Waals surface area contributed by atoms with Gasteiger partial charge in [0.05, 0.1) is 12.8 Å². The number of carbonyl (C=O) groups excluding carboxylic acids is 1. The quantitative estimate of drug-likeness (QED) is 0.769. The Hall–Kier alpha value is -2.87. The first-order chi connectivity index (χ1) is 14.2. The summed E-state index contributed by atoms with van der Waals surface area (Å²) in [5.74, 6) is 1.51. The van der Waals surface area contributed by atoms with Crippen molar-refractivity contribution in [2.24, 2.45) is 0 Å². The summed E-state index contributed by atoms with van der Waals surface area (Å²) in [4.78, 5) is 30.4. The number of likely N-dealkylation sites (N-methyl/N-ethyl adjacent to an activating group) is 1. The summed E-state index contributed by atoms with van der Waals surface area (Å²) in [6, 6.07) is 9.80. The fraction of sp³-hybridized carbons (Fsp3) is 0.476. The first-order valence-electron chi connectivity index (χ1n) is 10.1. The summed E-state index contributed by atoms with van der Waals surface area (Å²) < 4.78 is 5.49. The molecule has 2 aliphatic heterocycles. The zero-order valence-electron chi connectivity index (χ0n) is 17.1. The lowest BCUT2D eigenvalue weighted by Crippen LogP contribution is -2.48. The van der Waals surface area contributed by atoms with Crippen LogP contribution in [0.25, 0.3) is 0 Å². The number of para-hydroxylation sites is 2. The molecule has 1 aromatic heterocycles. The Kier molecular flexibility index (Phi) is 5.80. The predicted molar refractivity (Wildman–Crippen MR) is 113 cm³/mol. The van der Waals surface area contributed by atoms with Gasteiger partial charge >= 0.3 is 0 Å². The van der Waals surface area contributed by atoms with Gasteiger partial charge in [-0.1, -0.05) is 12.1 Å². The highest BCUT2D eigenvalue weighted by Crippen LogP contribution is 2.28. The van der Waals surface area contributed by atoms with Crippen molar-refractivity contribution in [3.05, 3.63) is 42.2 Å². The van der Waals surface area contributed by atoms with Crippen molar-refractivity contribution in [3.8, 4) is 5.75 Å². The van der Waals surface area contributed by atoms with Gasteiger partial charge in [0.2, 0.25) is 5.95 Å². The van der Waals surface area contributed by atoms with Crippen molar-refractivity contribution >= 4 is 17.5 Å². The SMILES string of the molecule is COc1ccccc1N1CCN(c2nccc(C(=O)N3CCN(C)CC3)n2)CC1. The molecule has 2 aliphatic rings. The van der Waals surface area contributed by atoms with Gasteiger partial charge in [0.15, 0.2) is 0 Å². The van der Waals surface area contributed by atoms with Crippen LogP contribution in [0.5, 0.6) is 5.75 Å². The van der Waals surface area contributed by atoms with E-state index in [2.05, 4.69) is 37.8 Å². The fourth-order valence-corrected chi connectivity index (χ4v) is 3.83. The average molecular weight is 396 g/mol. The number of anilines is 2. The van der Waals surface area contributed by atoms with Crippen molar-refractivity contribution in [1.29, 1.82) is 0 Å². The number of nitrogens with zero attached hydrogens (tertiary/aromatic N) is 6. The third-order valence-corrected chi connectivity index (χ3v) is 5.64. The lowest BCUT2D eigenvalue weighted by atomic mass is 10.2. The molecule has 2 aromatic rings. The number of aromatic nitrogens is 2. The number of piperazine rings is 2. The van der Waals surface area contributed by atoms with Crippen LogP contribution in [-0.4, -0.2) is 92.2 Å². The summed E-state index contributed by atoms with van der Waals surface area (Å²) in [5, 5.41) is 0. The first kappa shape index (κ1) is 19.4. The Morgan fingerprint density at radius 3 is 2.34 bits per heavy atom. The highest BCUT2D eigenvalue weighted by atomic mass is 16.5. The highest BCUT2D eigenvalue weighted by Gasteiger charge is 2.24. The molecule has 2 fully saturated rings. The zero-order chi connectivity index (χ0) is 20.2. The first-order valence-corrected chi connectivity index (χ1v) is 10.1. The van der Waals surface area contributed by atoms with Crippen molar-refractivity contribution in [1.82, 2.24) is 19.8 Å². The van der Waals surface area contributed by atoms with E-state index in [1.165, 1.54) is 0 Å².